The molecule has 3 N–H and O–H groups in total. The number of nitrogens with one attached hydrogen (secondary N) is 1. The minimum Gasteiger partial charge on any atom is -0.486 e. The summed E-state index contributed by atoms with van der Waals surface area (Å²) in [6.45, 7) is 6.77. The topological polar surface area (TPSA) is 104 Å². The van der Waals surface area contributed by atoms with Crippen molar-refractivity contribution in [2.75, 3.05) is 65.7 Å². The number of carbonyl (C=O) groups is 1. The van der Waals surface area contributed by atoms with Crippen LogP contribution in [0.2, 0.25) is 0 Å². The number of aliphatic hydroxyl groups is 2. The van der Waals surface area contributed by atoms with E-state index in [2.05, 4.69) is 15.1 Å². The van der Waals surface area contributed by atoms with E-state index < -0.39 is 17.7 Å². The van der Waals surface area contributed by atoms with Crippen LogP contribution in [0.15, 0.2) is 18.2 Å². The average Bonchev–Trinajstić information content (AvgIpc) is 3.55. The number of likely N-dealkylation sites (tertiary alicyclic amines) is 2. The Morgan fingerprint density at radius 2 is 1.80 bits per heavy atom. The number of nitrogens with zero attached hydrogens (tertiary/aromatic N) is 2. The lowest BCUT2D eigenvalue weighted by atomic mass is 9.94. The van der Waals surface area contributed by atoms with Gasteiger partial charge in [0.25, 0.3) is 0 Å². The van der Waals surface area contributed by atoms with E-state index in [1.54, 1.807) is 0 Å². The van der Waals surface area contributed by atoms with Crippen molar-refractivity contribution in [1.29, 1.82) is 0 Å². The van der Waals surface area contributed by atoms with E-state index in [1.165, 1.54) is 0 Å². The van der Waals surface area contributed by atoms with Crippen molar-refractivity contribution >= 4 is 5.91 Å². The van der Waals surface area contributed by atoms with Crippen LogP contribution < -0.4 is 14.8 Å². The van der Waals surface area contributed by atoms with Crippen LogP contribution in [0.5, 0.6) is 11.5 Å². The largest absolute Gasteiger partial charge is 0.486 e. The second-order valence-electron chi connectivity index (χ2n) is 10.5. The summed E-state index contributed by atoms with van der Waals surface area (Å²) in [7, 11) is 0. The Morgan fingerprint density at radius 3 is 2.57 bits per heavy atom. The van der Waals surface area contributed by atoms with E-state index in [4.69, 9.17) is 14.2 Å². The summed E-state index contributed by atoms with van der Waals surface area (Å²) in [5.41, 5.74) is -0.00962. The molecule has 0 radical (unpaired) electrons. The molecule has 0 saturated carbocycles. The fourth-order valence-electron chi connectivity index (χ4n) is 5.76. The van der Waals surface area contributed by atoms with Crippen molar-refractivity contribution in [2.45, 2.75) is 49.9 Å². The van der Waals surface area contributed by atoms with Gasteiger partial charge in [0.2, 0.25) is 5.91 Å². The molecule has 3 fully saturated rings. The van der Waals surface area contributed by atoms with Crippen LogP contribution in [0.1, 0.15) is 43.8 Å². The first-order valence-electron chi connectivity index (χ1n) is 13.1. The second-order valence-corrected chi connectivity index (χ2v) is 10.5. The third kappa shape index (κ3) is 6.09. The summed E-state index contributed by atoms with van der Waals surface area (Å²) in [4.78, 5) is 17.8. The Morgan fingerprint density at radius 1 is 1.06 bits per heavy atom. The molecule has 4 heterocycles. The van der Waals surface area contributed by atoms with E-state index in [0.717, 1.165) is 38.9 Å². The maximum Gasteiger partial charge on any atom is 0.224 e. The minimum absolute atomic E-state index is 0.0211. The number of benzene rings is 1. The van der Waals surface area contributed by atoms with Gasteiger partial charge in [-0.1, -0.05) is 6.07 Å². The molecule has 4 aliphatic rings. The van der Waals surface area contributed by atoms with Crippen molar-refractivity contribution in [3.8, 4) is 11.5 Å². The molecule has 4 aliphatic heterocycles. The van der Waals surface area contributed by atoms with Gasteiger partial charge in [0, 0.05) is 45.7 Å². The van der Waals surface area contributed by atoms with Gasteiger partial charge in [0.05, 0.1) is 17.6 Å². The number of carbonyl (C=O) groups excluding carboxylic acids is 1. The van der Waals surface area contributed by atoms with Gasteiger partial charge >= 0.3 is 0 Å². The number of aliphatic hydroxyl groups excluding tert-OH is 1. The van der Waals surface area contributed by atoms with Crippen molar-refractivity contribution < 1.29 is 29.2 Å². The molecule has 1 amide bonds. The molecule has 1 aromatic carbocycles. The van der Waals surface area contributed by atoms with Crippen LogP contribution in [0, 0.1) is 5.92 Å². The zero-order valence-electron chi connectivity index (χ0n) is 20.5. The van der Waals surface area contributed by atoms with E-state index >= 15 is 0 Å². The Balaban J connectivity index is 1.23. The summed E-state index contributed by atoms with van der Waals surface area (Å²) in [5, 5.41) is 25.4. The smallest absolute Gasteiger partial charge is 0.224 e. The van der Waals surface area contributed by atoms with Gasteiger partial charge in [0.1, 0.15) is 19.3 Å². The Labute approximate surface area is 207 Å². The molecule has 0 aromatic heterocycles. The number of β-amino-alcohol motifs (C(OH)–C–C–N with tert-alkyl or cyclic N) is 1. The van der Waals surface area contributed by atoms with Crippen LogP contribution in [0.3, 0.4) is 0 Å². The van der Waals surface area contributed by atoms with Crippen LogP contribution >= 0.6 is 0 Å². The lowest BCUT2D eigenvalue weighted by Crippen LogP contribution is -2.49. The van der Waals surface area contributed by atoms with Crippen LogP contribution in [0.4, 0.5) is 0 Å². The Hall–Kier alpha value is -1.91. The lowest BCUT2D eigenvalue weighted by Gasteiger charge is -2.35. The number of hydrogen-bond donors (Lipinski definition) is 3. The second kappa shape index (κ2) is 11.0. The van der Waals surface area contributed by atoms with Crippen LogP contribution in [0.25, 0.3) is 0 Å². The third-order valence-corrected chi connectivity index (χ3v) is 7.85. The molecule has 5 rings (SSSR count). The first-order chi connectivity index (χ1) is 17.0. The van der Waals surface area contributed by atoms with Gasteiger partial charge in [-0.15, -0.1) is 0 Å². The van der Waals surface area contributed by atoms with Crippen LogP contribution in [-0.4, -0.2) is 103 Å². The molecule has 9 nitrogen and oxygen atoms in total. The average molecular weight is 490 g/mol. The number of ether oxygens (including phenoxy) is 3. The van der Waals surface area contributed by atoms with Crippen molar-refractivity contribution in [3.63, 3.8) is 0 Å². The molecule has 0 spiro atoms. The predicted molar refractivity (Wildman–Crippen MR) is 130 cm³/mol. The minimum atomic E-state index is -0.851. The van der Waals surface area contributed by atoms with Gasteiger partial charge in [0.15, 0.2) is 11.5 Å². The lowest BCUT2D eigenvalue weighted by molar-refractivity contribution is -0.126. The summed E-state index contributed by atoms with van der Waals surface area (Å²) >= 11 is 0. The van der Waals surface area contributed by atoms with Crippen molar-refractivity contribution in [1.82, 2.24) is 15.1 Å². The number of hydrogen-bond acceptors (Lipinski definition) is 8. The molecule has 2 unspecified atom stereocenters. The highest BCUT2D eigenvalue weighted by Crippen LogP contribution is 2.34. The highest BCUT2D eigenvalue weighted by atomic mass is 16.6. The molecule has 194 valence electrons. The molecular weight excluding hydrogens is 450 g/mol. The van der Waals surface area contributed by atoms with E-state index in [1.807, 2.05) is 18.2 Å². The SMILES string of the molecule is O=C(NC(CN1CCCC1)C(O)c1ccc2c(c1)OCCO2)[C@H]1CCN(CC2(O)CCOCC2)C1. The third-order valence-electron chi connectivity index (χ3n) is 7.85. The Bertz CT molecular complexity index is 871. The monoisotopic (exact) mass is 489 g/mol. The van der Waals surface area contributed by atoms with E-state index in [0.29, 0.717) is 76.0 Å². The maximum atomic E-state index is 13.3. The molecule has 3 saturated heterocycles. The van der Waals surface area contributed by atoms with Crippen molar-refractivity contribution in [2.24, 2.45) is 5.92 Å². The summed E-state index contributed by atoms with van der Waals surface area (Å²) < 4.78 is 16.7. The van der Waals surface area contributed by atoms with Gasteiger partial charge in [-0.25, -0.2) is 0 Å². The number of amides is 1. The molecule has 3 atom stereocenters. The van der Waals surface area contributed by atoms with E-state index in [-0.39, 0.29) is 11.8 Å². The van der Waals surface area contributed by atoms with Gasteiger partial charge < -0.3 is 34.6 Å². The number of rotatable bonds is 8. The van der Waals surface area contributed by atoms with Gasteiger partial charge in [-0.05, 0) is 56.6 Å². The zero-order valence-corrected chi connectivity index (χ0v) is 20.5. The normalized spacial score (nSPS) is 26.4. The highest BCUT2D eigenvalue weighted by Gasteiger charge is 2.37. The summed E-state index contributed by atoms with van der Waals surface area (Å²) in [6.07, 6.45) is 3.48. The molecule has 0 bridgehead atoms. The molecule has 35 heavy (non-hydrogen) atoms. The quantitative estimate of drug-likeness (QED) is 0.496. The van der Waals surface area contributed by atoms with E-state index in [9.17, 15) is 15.0 Å². The number of fused-ring (bicyclic) bond motifs is 1. The van der Waals surface area contributed by atoms with Crippen LogP contribution in [-0.2, 0) is 9.53 Å². The standard InChI is InChI=1S/C26H39N3O6/c30-24(19-3-4-22-23(15-19)35-14-13-34-22)21(17-28-8-1-2-9-28)27-25(31)20-5-10-29(16-20)18-26(32)6-11-33-12-7-26/h3-4,15,20-21,24,30,32H,1-2,5-14,16-18H2,(H,27,31)/t20-,21?,24?/m0/s1. The zero-order chi connectivity index (χ0) is 24.3. The maximum absolute atomic E-state index is 13.3. The Kier molecular flexibility index (Phi) is 7.79. The fourth-order valence-corrected chi connectivity index (χ4v) is 5.76. The van der Waals surface area contributed by atoms with Gasteiger partial charge in [-0.3, -0.25) is 9.69 Å². The highest BCUT2D eigenvalue weighted by molar-refractivity contribution is 5.79. The molecule has 9 heteroatoms. The first kappa shape index (κ1) is 24.8. The van der Waals surface area contributed by atoms with Crippen molar-refractivity contribution in [3.05, 3.63) is 23.8 Å². The first-order valence-corrected chi connectivity index (χ1v) is 13.1. The summed E-state index contributed by atoms with van der Waals surface area (Å²) in [5.74, 6) is 1.15. The summed E-state index contributed by atoms with van der Waals surface area (Å²) in [6, 6.07) is 5.09. The van der Waals surface area contributed by atoms with Gasteiger partial charge in [-0.2, -0.15) is 0 Å². The predicted octanol–water partition coefficient (Wildman–Crippen LogP) is 0.935. The molecule has 1 aromatic rings. The molecule has 0 aliphatic carbocycles. The fraction of sp³-hybridized carbons (Fsp3) is 0.731. The molecular formula is C26H39N3O6.